The molecular weight excluding hydrogens is 437 g/mol. The topological polar surface area (TPSA) is 49.8 Å². The maximum absolute atomic E-state index is 13.4. The van der Waals surface area contributed by atoms with Gasteiger partial charge in [0.05, 0.1) is 18.8 Å². The molecule has 0 radical (unpaired) electrons. The van der Waals surface area contributed by atoms with Gasteiger partial charge in [0.2, 0.25) is 0 Å². The van der Waals surface area contributed by atoms with E-state index in [-0.39, 0.29) is 30.7 Å². The molecule has 0 aliphatic heterocycles. The highest BCUT2D eigenvalue weighted by Crippen LogP contribution is 2.35. The molecule has 156 valence electrons. The van der Waals surface area contributed by atoms with Gasteiger partial charge in [0.1, 0.15) is 5.82 Å². The van der Waals surface area contributed by atoms with E-state index in [2.05, 4.69) is 22.5 Å². The van der Waals surface area contributed by atoms with Gasteiger partial charge in [-0.1, -0.05) is 46.3 Å². The van der Waals surface area contributed by atoms with Gasteiger partial charge >= 0.3 is 6.09 Å². The van der Waals surface area contributed by atoms with E-state index in [1.54, 1.807) is 23.1 Å². The van der Waals surface area contributed by atoms with Crippen LogP contribution in [0.1, 0.15) is 43.9 Å². The SMILES string of the molecule is C=CCC(O)(CC(C)N(C(=O)OC)C(C)c1ccc(Br)cc1)c1ccc(F)cc1. The van der Waals surface area contributed by atoms with Crippen molar-refractivity contribution in [3.05, 3.63) is 82.6 Å². The molecule has 0 saturated carbocycles. The summed E-state index contributed by atoms with van der Waals surface area (Å²) in [6, 6.07) is 12.8. The summed E-state index contributed by atoms with van der Waals surface area (Å²) < 4.78 is 19.3. The summed E-state index contributed by atoms with van der Waals surface area (Å²) in [6.07, 6.45) is 1.65. The zero-order valence-corrected chi connectivity index (χ0v) is 18.5. The Labute approximate surface area is 180 Å². The quantitative estimate of drug-likeness (QED) is 0.491. The molecule has 0 fully saturated rings. The number of carbonyl (C=O) groups excluding carboxylic acids is 1. The fourth-order valence-corrected chi connectivity index (χ4v) is 3.90. The van der Waals surface area contributed by atoms with Gasteiger partial charge in [0, 0.05) is 16.9 Å². The van der Waals surface area contributed by atoms with Crippen LogP contribution in [0.5, 0.6) is 0 Å². The lowest BCUT2D eigenvalue weighted by atomic mass is 9.84. The molecule has 1 N–H and O–H groups in total. The molecule has 0 spiro atoms. The van der Waals surface area contributed by atoms with E-state index in [9.17, 15) is 14.3 Å². The second-order valence-corrected chi connectivity index (χ2v) is 8.10. The number of amides is 1. The van der Waals surface area contributed by atoms with Crippen LogP contribution < -0.4 is 0 Å². The van der Waals surface area contributed by atoms with Crippen molar-refractivity contribution in [3.63, 3.8) is 0 Å². The first-order valence-corrected chi connectivity index (χ1v) is 10.2. The molecule has 1 amide bonds. The molecule has 0 heterocycles. The summed E-state index contributed by atoms with van der Waals surface area (Å²) in [7, 11) is 1.34. The largest absolute Gasteiger partial charge is 0.453 e. The summed E-state index contributed by atoms with van der Waals surface area (Å²) in [5.74, 6) is -0.372. The number of ether oxygens (including phenoxy) is 1. The summed E-state index contributed by atoms with van der Waals surface area (Å²) in [5.41, 5.74) is 0.229. The van der Waals surface area contributed by atoms with Crippen LogP contribution in [0.3, 0.4) is 0 Å². The Morgan fingerprint density at radius 3 is 2.34 bits per heavy atom. The number of aliphatic hydroxyl groups is 1. The molecule has 0 saturated heterocycles. The van der Waals surface area contributed by atoms with Crippen molar-refractivity contribution >= 4 is 22.0 Å². The highest BCUT2D eigenvalue weighted by Gasteiger charge is 2.36. The van der Waals surface area contributed by atoms with Crippen molar-refractivity contribution in [1.29, 1.82) is 0 Å². The number of methoxy groups -OCH3 is 1. The Hall–Kier alpha value is -2.18. The number of nitrogens with zero attached hydrogens (tertiary/aromatic N) is 1. The van der Waals surface area contributed by atoms with E-state index < -0.39 is 11.7 Å². The molecule has 0 bridgehead atoms. The molecule has 0 aliphatic carbocycles. The summed E-state index contributed by atoms with van der Waals surface area (Å²) in [6.45, 7) is 7.52. The van der Waals surface area contributed by atoms with Gasteiger partial charge in [-0.2, -0.15) is 0 Å². The first kappa shape index (κ1) is 23.1. The maximum atomic E-state index is 13.4. The minimum atomic E-state index is -1.29. The number of hydrogen-bond donors (Lipinski definition) is 1. The molecule has 29 heavy (non-hydrogen) atoms. The third kappa shape index (κ3) is 5.67. The van der Waals surface area contributed by atoms with Gasteiger partial charge in [-0.3, -0.25) is 4.90 Å². The number of hydrogen-bond acceptors (Lipinski definition) is 3. The van der Waals surface area contributed by atoms with Crippen LogP contribution in [0.25, 0.3) is 0 Å². The minimum Gasteiger partial charge on any atom is -0.453 e. The molecule has 0 aliphatic rings. The van der Waals surface area contributed by atoms with E-state index in [1.807, 2.05) is 38.1 Å². The zero-order chi connectivity index (χ0) is 21.6. The van der Waals surface area contributed by atoms with Crippen molar-refractivity contribution in [1.82, 2.24) is 4.90 Å². The molecule has 4 nitrogen and oxygen atoms in total. The van der Waals surface area contributed by atoms with Gasteiger partial charge in [0.25, 0.3) is 0 Å². The second kappa shape index (κ2) is 10.0. The maximum Gasteiger partial charge on any atom is 0.410 e. The van der Waals surface area contributed by atoms with Gasteiger partial charge in [0.15, 0.2) is 0 Å². The Balaban J connectivity index is 2.34. The van der Waals surface area contributed by atoms with E-state index in [1.165, 1.54) is 19.2 Å². The number of benzene rings is 2. The number of carbonyl (C=O) groups is 1. The van der Waals surface area contributed by atoms with Crippen molar-refractivity contribution in [2.24, 2.45) is 0 Å². The second-order valence-electron chi connectivity index (χ2n) is 7.19. The van der Waals surface area contributed by atoms with Crippen molar-refractivity contribution in [3.8, 4) is 0 Å². The third-order valence-electron chi connectivity index (χ3n) is 5.13. The first-order valence-electron chi connectivity index (χ1n) is 9.43. The van der Waals surface area contributed by atoms with Crippen LogP contribution in [0, 0.1) is 5.82 Å². The Kier molecular flexibility index (Phi) is 7.99. The molecule has 0 aromatic heterocycles. The average Bonchev–Trinajstić information content (AvgIpc) is 2.68. The number of rotatable bonds is 8. The van der Waals surface area contributed by atoms with Gasteiger partial charge < -0.3 is 9.84 Å². The predicted molar refractivity (Wildman–Crippen MR) is 116 cm³/mol. The van der Waals surface area contributed by atoms with E-state index in [0.717, 1.165) is 10.0 Å². The van der Waals surface area contributed by atoms with Crippen molar-refractivity contribution in [2.45, 2.75) is 44.4 Å². The highest BCUT2D eigenvalue weighted by atomic mass is 79.9. The molecular formula is C23H27BrFNO3. The van der Waals surface area contributed by atoms with Crippen LogP contribution in [0.15, 0.2) is 65.7 Å². The normalized spacial score (nSPS) is 15.1. The lowest BCUT2D eigenvalue weighted by Gasteiger charge is -2.38. The molecule has 2 aromatic carbocycles. The van der Waals surface area contributed by atoms with Crippen LogP contribution in [0.2, 0.25) is 0 Å². The minimum absolute atomic E-state index is 0.237. The van der Waals surface area contributed by atoms with Crippen LogP contribution in [-0.2, 0) is 10.3 Å². The zero-order valence-electron chi connectivity index (χ0n) is 16.9. The standard InChI is InChI=1S/C23H27BrFNO3/c1-5-14-23(28,19-8-12-21(25)13-9-19)15-16(2)26(22(27)29-4)17(3)18-6-10-20(24)11-7-18/h5-13,16-17,28H,1,14-15H2,2-4H3. The molecule has 3 atom stereocenters. The molecule has 6 heteroatoms. The summed E-state index contributed by atoms with van der Waals surface area (Å²) >= 11 is 3.42. The predicted octanol–water partition coefficient (Wildman–Crippen LogP) is 5.96. The van der Waals surface area contributed by atoms with Crippen LogP contribution in [-0.4, -0.2) is 29.3 Å². The Morgan fingerprint density at radius 1 is 1.24 bits per heavy atom. The third-order valence-corrected chi connectivity index (χ3v) is 5.66. The monoisotopic (exact) mass is 463 g/mol. The molecule has 2 rings (SSSR count). The lowest BCUT2D eigenvalue weighted by molar-refractivity contribution is -0.00256. The van der Waals surface area contributed by atoms with Gasteiger partial charge in [-0.05, 0) is 55.7 Å². The average molecular weight is 464 g/mol. The van der Waals surface area contributed by atoms with Crippen LogP contribution >= 0.6 is 15.9 Å². The summed E-state index contributed by atoms with van der Waals surface area (Å²) in [4.78, 5) is 14.2. The Bertz CT molecular complexity index is 825. The van der Waals surface area contributed by atoms with E-state index >= 15 is 0 Å². The van der Waals surface area contributed by atoms with Gasteiger partial charge in [-0.15, -0.1) is 6.58 Å². The smallest absolute Gasteiger partial charge is 0.410 e. The highest BCUT2D eigenvalue weighted by molar-refractivity contribution is 9.10. The van der Waals surface area contributed by atoms with Crippen LogP contribution in [0.4, 0.5) is 9.18 Å². The molecule has 2 aromatic rings. The lowest BCUT2D eigenvalue weighted by Crippen LogP contribution is -2.44. The van der Waals surface area contributed by atoms with E-state index in [4.69, 9.17) is 4.74 Å². The van der Waals surface area contributed by atoms with E-state index in [0.29, 0.717) is 5.56 Å². The molecule has 3 unspecified atom stereocenters. The fraction of sp³-hybridized carbons (Fsp3) is 0.348. The first-order chi connectivity index (χ1) is 13.7. The van der Waals surface area contributed by atoms with Gasteiger partial charge in [-0.25, -0.2) is 9.18 Å². The summed E-state index contributed by atoms with van der Waals surface area (Å²) in [5, 5.41) is 11.4. The Morgan fingerprint density at radius 2 is 1.83 bits per heavy atom. The van der Waals surface area contributed by atoms with Crippen molar-refractivity contribution < 1.29 is 19.0 Å². The number of halogens is 2. The van der Waals surface area contributed by atoms with Crippen molar-refractivity contribution in [2.75, 3.05) is 7.11 Å². The fourth-order valence-electron chi connectivity index (χ4n) is 3.63.